The number of nitrogens with zero attached hydrogens (tertiary/aromatic N) is 1. The second kappa shape index (κ2) is 7.80. The van der Waals surface area contributed by atoms with Crippen LogP contribution >= 0.6 is 0 Å². The highest BCUT2D eigenvalue weighted by Gasteiger charge is 2.26. The first kappa shape index (κ1) is 17.6. The van der Waals surface area contributed by atoms with E-state index in [0.29, 0.717) is 6.54 Å². The molecule has 5 nitrogen and oxygen atoms in total. The molecule has 0 aromatic heterocycles. The van der Waals surface area contributed by atoms with Gasteiger partial charge in [0.2, 0.25) is 5.91 Å². The summed E-state index contributed by atoms with van der Waals surface area (Å²) in [5.41, 5.74) is 7.02. The van der Waals surface area contributed by atoms with Gasteiger partial charge in [-0.1, -0.05) is 66.7 Å². The van der Waals surface area contributed by atoms with Crippen molar-refractivity contribution in [3.63, 3.8) is 0 Å². The van der Waals surface area contributed by atoms with Crippen molar-refractivity contribution in [3.05, 3.63) is 83.9 Å². The first-order chi connectivity index (χ1) is 12.5. The first-order valence-corrected chi connectivity index (χ1v) is 8.38. The quantitative estimate of drug-likeness (QED) is 0.744. The average Bonchev–Trinajstić information content (AvgIpc) is 2.62. The van der Waals surface area contributed by atoms with Gasteiger partial charge in [-0.05, 0) is 35.0 Å². The van der Waals surface area contributed by atoms with Crippen molar-refractivity contribution in [2.75, 3.05) is 7.05 Å². The fourth-order valence-corrected chi connectivity index (χ4v) is 3.15. The van der Waals surface area contributed by atoms with Crippen LogP contribution in [0.15, 0.2) is 72.8 Å². The molecule has 3 aromatic rings. The van der Waals surface area contributed by atoms with Crippen molar-refractivity contribution in [1.82, 2.24) is 10.2 Å². The number of fused-ring (bicyclic) bond motifs is 1. The van der Waals surface area contributed by atoms with E-state index in [9.17, 15) is 9.59 Å². The number of urea groups is 1. The van der Waals surface area contributed by atoms with Gasteiger partial charge in [-0.25, -0.2) is 4.79 Å². The van der Waals surface area contributed by atoms with E-state index in [-0.39, 0.29) is 0 Å². The van der Waals surface area contributed by atoms with Gasteiger partial charge in [0.15, 0.2) is 0 Å². The Kier molecular flexibility index (Phi) is 5.29. The summed E-state index contributed by atoms with van der Waals surface area (Å²) >= 11 is 0. The highest BCUT2D eigenvalue weighted by Crippen LogP contribution is 2.23. The molecule has 26 heavy (non-hydrogen) atoms. The minimum Gasteiger partial charge on any atom is -0.351 e. The van der Waals surface area contributed by atoms with Crippen molar-refractivity contribution < 1.29 is 9.59 Å². The van der Waals surface area contributed by atoms with Gasteiger partial charge in [-0.3, -0.25) is 15.0 Å². The minimum absolute atomic E-state index is 0.438. The number of likely N-dealkylation sites (N-methyl/N-ethyl adjacent to an activating group) is 1. The molecular formula is C21H21N3O2. The zero-order valence-corrected chi connectivity index (χ0v) is 14.6. The van der Waals surface area contributed by atoms with Gasteiger partial charge in [0.25, 0.3) is 0 Å². The molecule has 3 rings (SSSR count). The predicted octanol–water partition coefficient (Wildman–Crippen LogP) is 3.21. The first-order valence-electron chi connectivity index (χ1n) is 8.38. The molecule has 3 N–H and O–H groups in total. The number of carbonyl (C=O) groups excluding carboxylic acids is 2. The number of hydrogen-bond acceptors (Lipinski definition) is 3. The predicted molar refractivity (Wildman–Crippen MR) is 102 cm³/mol. The summed E-state index contributed by atoms with van der Waals surface area (Å²) in [6.45, 7) is 0.552. The lowest BCUT2D eigenvalue weighted by molar-refractivity contribution is -0.125. The fourth-order valence-electron chi connectivity index (χ4n) is 3.15. The second-order valence-electron chi connectivity index (χ2n) is 6.26. The Morgan fingerprint density at radius 3 is 2.31 bits per heavy atom. The van der Waals surface area contributed by atoms with Crippen LogP contribution in [0.3, 0.4) is 0 Å². The summed E-state index contributed by atoms with van der Waals surface area (Å²) in [5.74, 6) is -0.438. The van der Waals surface area contributed by atoms with Gasteiger partial charge in [-0.15, -0.1) is 0 Å². The van der Waals surface area contributed by atoms with Gasteiger partial charge < -0.3 is 5.73 Å². The minimum atomic E-state index is -0.852. The van der Waals surface area contributed by atoms with E-state index < -0.39 is 18.0 Å². The molecule has 0 unspecified atom stereocenters. The van der Waals surface area contributed by atoms with Crippen LogP contribution in [0.4, 0.5) is 4.79 Å². The van der Waals surface area contributed by atoms with Crippen LogP contribution in [0, 0.1) is 0 Å². The molecule has 0 saturated heterocycles. The van der Waals surface area contributed by atoms with E-state index in [1.807, 2.05) is 60.5 Å². The van der Waals surface area contributed by atoms with Crippen molar-refractivity contribution in [2.24, 2.45) is 5.73 Å². The van der Waals surface area contributed by atoms with Crippen LogP contribution in [0.1, 0.15) is 17.2 Å². The Labute approximate surface area is 152 Å². The normalized spacial score (nSPS) is 12.1. The van der Waals surface area contributed by atoms with Crippen LogP contribution < -0.4 is 11.1 Å². The lowest BCUT2D eigenvalue weighted by Gasteiger charge is -2.27. The summed E-state index contributed by atoms with van der Waals surface area (Å²) in [6.07, 6.45) is 0. The van der Waals surface area contributed by atoms with Crippen LogP contribution in [0.2, 0.25) is 0 Å². The summed E-state index contributed by atoms with van der Waals surface area (Å²) in [5, 5.41) is 4.52. The number of imide groups is 1. The van der Waals surface area contributed by atoms with Gasteiger partial charge in [-0.2, -0.15) is 0 Å². The van der Waals surface area contributed by atoms with Crippen LogP contribution in [-0.2, 0) is 11.3 Å². The van der Waals surface area contributed by atoms with Crippen molar-refractivity contribution in [3.8, 4) is 0 Å². The topological polar surface area (TPSA) is 75.4 Å². The highest BCUT2D eigenvalue weighted by molar-refractivity contribution is 5.96. The number of primary amides is 1. The molecular weight excluding hydrogens is 326 g/mol. The molecule has 0 saturated carbocycles. The molecule has 0 aliphatic rings. The maximum absolute atomic E-state index is 12.5. The zero-order chi connectivity index (χ0) is 18.5. The fraction of sp³-hybridized carbons (Fsp3) is 0.143. The number of hydrogen-bond donors (Lipinski definition) is 2. The van der Waals surface area contributed by atoms with Crippen molar-refractivity contribution >= 4 is 22.7 Å². The molecule has 0 aliphatic carbocycles. The standard InChI is InChI=1S/C21H21N3O2/c1-24(14-15-11-12-16-7-5-6-10-18(16)13-15)19(20(25)23-21(22)26)17-8-3-2-4-9-17/h2-13,19H,14H2,1H3,(H3,22,23,25,26)/t19-/m1/s1. The summed E-state index contributed by atoms with van der Waals surface area (Å²) < 4.78 is 0. The van der Waals surface area contributed by atoms with E-state index in [1.54, 1.807) is 0 Å². The van der Waals surface area contributed by atoms with E-state index in [2.05, 4.69) is 29.6 Å². The third-order valence-corrected chi connectivity index (χ3v) is 4.30. The molecule has 0 aliphatic heterocycles. The molecule has 132 valence electrons. The highest BCUT2D eigenvalue weighted by atomic mass is 16.2. The lowest BCUT2D eigenvalue weighted by atomic mass is 10.0. The Hall–Kier alpha value is -3.18. The Bertz CT molecular complexity index is 925. The molecule has 0 fully saturated rings. The van der Waals surface area contributed by atoms with Crippen LogP contribution in [0.5, 0.6) is 0 Å². The molecule has 0 spiro atoms. The van der Waals surface area contributed by atoms with Crippen LogP contribution in [-0.4, -0.2) is 23.9 Å². The van der Waals surface area contributed by atoms with Gasteiger partial charge >= 0.3 is 6.03 Å². The number of carbonyl (C=O) groups is 2. The summed E-state index contributed by atoms with van der Waals surface area (Å²) in [6, 6.07) is 22.2. The van der Waals surface area contributed by atoms with E-state index in [0.717, 1.165) is 16.5 Å². The molecule has 3 amide bonds. The van der Waals surface area contributed by atoms with Gasteiger partial charge in [0.1, 0.15) is 6.04 Å². The third-order valence-electron chi connectivity index (χ3n) is 4.30. The molecule has 5 heteroatoms. The third kappa shape index (κ3) is 4.07. The summed E-state index contributed by atoms with van der Waals surface area (Å²) in [7, 11) is 1.85. The monoisotopic (exact) mass is 347 g/mol. The Morgan fingerprint density at radius 2 is 1.62 bits per heavy atom. The van der Waals surface area contributed by atoms with Crippen molar-refractivity contribution in [1.29, 1.82) is 0 Å². The number of nitrogens with two attached hydrogens (primary N) is 1. The van der Waals surface area contributed by atoms with Gasteiger partial charge in [0, 0.05) is 6.54 Å². The number of amides is 3. The van der Waals surface area contributed by atoms with E-state index in [1.165, 1.54) is 5.39 Å². The molecule has 0 radical (unpaired) electrons. The largest absolute Gasteiger partial charge is 0.351 e. The molecule has 0 bridgehead atoms. The molecule has 0 heterocycles. The Balaban J connectivity index is 1.87. The Morgan fingerprint density at radius 1 is 0.962 bits per heavy atom. The van der Waals surface area contributed by atoms with E-state index >= 15 is 0 Å². The zero-order valence-electron chi connectivity index (χ0n) is 14.6. The van der Waals surface area contributed by atoms with E-state index in [4.69, 9.17) is 5.73 Å². The van der Waals surface area contributed by atoms with Crippen LogP contribution in [0.25, 0.3) is 10.8 Å². The van der Waals surface area contributed by atoms with Gasteiger partial charge in [0.05, 0.1) is 0 Å². The lowest BCUT2D eigenvalue weighted by Crippen LogP contribution is -2.43. The molecule has 1 atom stereocenters. The van der Waals surface area contributed by atoms with Crippen molar-refractivity contribution in [2.45, 2.75) is 12.6 Å². The average molecular weight is 347 g/mol. The number of benzene rings is 3. The smallest absolute Gasteiger partial charge is 0.318 e. The number of nitrogens with one attached hydrogen (secondary N) is 1. The number of rotatable bonds is 5. The summed E-state index contributed by atoms with van der Waals surface area (Å²) in [4.78, 5) is 25.6. The molecule has 3 aromatic carbocycles. The second-order valence-corrected chi connectivity index (χ2v) is 6.26. The SMILES string of the molecule is CN(Cc1ccc2ccccc2c1)[C@@H](C(=O)NC(N)=O)c1ccccc1. The maximum Gasteiger partial charge on any atom is 0.318 e. The maximum atomic E-state index is 12.5.